The number of aromatic nitrogens is 2. The van der Waals surface area contributed by atoms with E-state index in [2.05, 4.69) is 15.5 Å². The molecule has 0 aromatic carbocycles. The van der Waals surface area contributed by atoms with Crippen molar-refractivity contribution < 1.29 is 4.79 Å². The molecule has 0 unspecified atom stereocenters. The molecule has 118 valence electrons. The van der Waals surface area contributed by atoms with Gasteiger partial charge in [-0.3, -0.25) is 14.2 Å². The number of rotatable bonds is 4. The molecule has 1 N–H and O–H groups in total. The van der Waals surface area contributed by atoms with Gasteiger partial charge in [-0.05, 0) is 30.9 Å². The number of thiophene rings is 2. The molecular formula is C15H14N4O2S2. The fourth-order valence-electron chi connectivity index (χ4n) is 2.11. The third-order valence-corrected chi connectivity index (χ3v) is 5.32. The number of aryl methyl sites for hydroxylation is 2. The number of carbonyl (C=O) groups is 1. The zero-order valence-corrected chi connectivity index (χ0v) is 14.2. The summed E-state index contributed by atoms with van der Waals surface area (Å²) in [6, 6.07) is 3.80. The van der Waals surface area contributed by atoms with Gasteiger partial charge in [0.2, 0.25) is 0 Å². The molecule has 0 spiro atoms. The second-order valence-electron chi connectivity index (χ2n) is 4.95. The monoisotopic (exact) mass is 346 g/mol. The Balaban J connectivity index is 1.76. The lowest BCUT2D eigenvalue weighted by molar-refractivity contribution is -0.121. The number of amides is 1. The summed E-state index contributed by atoms with van der Waals surface area (Å²) in [6.07, 6.45) is 2.97. The third-order valence-electron chi connectivity index (χ3n) is 3.39. The molecule has 1 amide bonds. The van der Waals surface area contributed by atoms with Crippen molar-refractivity contribution in [1.82, 2.24) is 15.0 Å². The Kier molecular flexibility index (Phi) is 4.35. The molecule has 6 nitrogen and oxygen atoms in total. The second kappa shape index (κ2) is 6.43. The number of carbonyl (C=O) groups excluding carboxylic acids is 1. The van der Waals surface area contributed by atoms with E-state index in [1.54, 1.807) is 6.21 Å². The molecule has 3 aromatic heterocycles. The largest absolute Gasteiger partial charge is 0.289 e. The van der Waals surface area contributed by atoms with Crippen LogP contribution < -0.4 is 11.0 Å². The van der Waals surface area contributed by atoms with Gasteiger partial charge in [-0.25, -0.2) is 10.4 Å². The van der Waals surface area contributed by atoms with Crippen molar-refractivity contribution >= 4 is 45.0 Å². The molecule has 3 aromatic rings. The van der Waals surface area contributed by atoms with Crippen LogP contribution in [0.15, 0.2) is 33.7 Å². The van der Waals surface area contributed by atoms with Crippen molar-refractivity contribution in [3.63, 3.8) is 0 Å². The van der Waals surface area contributed by atoms with Gasteiger partial charge in [0, 0.05) is 9.75 Å². The van der Waals surface area contributed by atoms with Gasteiger partial charge >= 0.3 is 0 Å². The smallest absolute Gasteiger partial charge is 0.262 e. The van der Waals surface area contributed by atoms with Gasteiger partial charge in [0.25, 0.3) is 11.5 Å². The van der Waals surface area contributed by atoms with Gasteiger partial charge in [-0.1, -0.05) is 6.07 Å². The van der Waals surface area contributed by atoms with Crippen molar-refractivity contribution in [3.05, 3.63) is 49.5 Å². The van der Waals surface area contributed by atoms with Crippen molar-refractivity contribution in [2.24, 2.45) is 5.10 Å². The molecule has 0 saturated heterocycles. The minimum absolute atomic E-state index is 0.113. The Bertz CT molecular complexity index is 938. The molecule has 0 aliphatic carbocycles. The van der Waals surface area contributed by atoms with Crippen LogP contribution in [0.3, 0.4) is 0 Å². The van der Waals surface area contributed by atoms with Crippen LogP contribution in [-0.2, 0) is 11.3 Å². The highest BCUT2D eigenvalue weighted by Gasteiger charge is 2.13. The van der Waals surface area contributed by atoms with Crippen LogP contribution >= 0.6 is 22.7 Å². The van der Waals surface area contributed by atoms with Gasteiger partial charge in [-0.15, -0.1) is 22.7 Å². The standard InChI is InChI=1S/C15H14N4O2S2/c1-9-10(2)23-14-13(9)15(21)19(8-16-14)7-12(20)18-17-6-11-4-3-5-22-11/h3-6,8H,7H2,1-2H3,(H,18,20)/b17-6+. The topological polar surface area (TPSA) is 76.3 Å². The number of nitrogens with zero attached hydrogens (tertiary/aromatic N) is 3. The van der Waals surface area contributed by atoms with Crippen molar-refractivity contribution in [1.29, 1.82) is 0 Å². The zero-order chi connectivity index (χ0) is 16.4. The first-order valence-corrected chi connectivity index (χ1v) is 8.56. The number of hydrogen-bond donors (Lipinski definition) is 1. The Morgan fingerprint density at radius 2 is 2.30 bits per heavy atom. The maximum Gasteiger partial charge on any atom is 0.262 e. The number of nitrogens with one attached hydrogen (secondary N) is 1. The molecule has 0 saturated carbocycles. The lowest BCUT2D eigenvalue weighted by Crippen LogP contribution is -2.30. The lowest BCUT2D eigenvalue weighted by Gasteiger charge is -2.04. The Hall–Kier alpha value is -2.32. The quantitative estimate of drug-likeness (QED) is 0.582. The summed E-state index contributed by atoms with van der Waals surface area (Å²) in [6.45, 7) is 3.74. The van der Waals surface area contributed by atoms with Crippen molar-refractivity contribution in [2.45, 2.75) is 20.4 Å². The van der Waals surface area contributed by atoms with E-state index in [9.17, 15) is 9.59 Å². The van der Waals surface area contributed by atoms with Crippen LogP contribution in [0.2, 0.25) is 0 Å². The summed E-state index contributed by atoms with van der Waals surface area (Å²) >= 11 is 3.01. The predicted molar refractivity (Wildman–Crippen MR) is 93.4 cm³/mol. The summed E-state index contributed by atoms with van der Waals surface area (Å²) in [7, 11) is 0. The van der Waals surface area contributed by atoms with Crippen LogP contribution in [0.5, 0.6) is 0 Å². The van der Waals surface area contributed by atoms with Crippen molar-refractivity contribution in [3.8, 4) is 0 Å². The first-order chi connectivity index (χ1) is 11.1. The number of fused-ring (bicyclic) bond motifs is 1. The third kappa shape index (κ3) is 3.22. The molecular weight excluding hydrogens is 332 g/mol. The summed E-state index contributed by atoms with van der Waals surface area (Å²) in [5, 5.41) is 6.39. The van der Waals surface area contributed by atoms with Crippen molar-refractivity contribution in [2.75, 3.05) is 0 Å². The average molecular weight is 346 g/mol. The number of hydrazone groups is 1. The van der Waals surface area contributed by atoms with E-state index in [4.69, 9.17) is 0 Å². The lowest BCUT2D eigenvalue weighted by atomic mass is 10.2. The Labute approximate surface area is 140 Å². The van der Waals surface area contributed by atoms with E-state index >= 15 is 0 Å². The van der Waals surface area contributed by atoms with Gasteiger partial charge in [0.1, 0.15) is 11.4 Å². The highest BCUT2D eigenvalue weighted by Crippen LogP contribution is 2.25. The first kappa shape index (κ1) is 15.6. The van der Waals surface area contributed by atoms with Gasteiger partial charge in [0.15, 0.2) is 0 Å². The summed E-state index contributed by atoms with van der Waals surface area (Å²) in [5.74, 6) is -0.370. The predicted octanol–water partition coefficient (Wildman–Crippen LogP) is 2.29. The van der Waals surface area contributed by atoms with E-state index < -0.39 is 0 Å². The Morgan fingerprint density at radius 3 is 3.04 bits per heavy atom. The summed E-state index contributed by atoms with van der Waals surface area (Å²) in [4.78, 5) is 31.4. The van der Waals surface area contributed by atoms with Crippen LogP contribution in [0.25, 0.3) is 10.2 Å². The van der Waals surface area contributed by atoms with E-state index in [0.717, 1.165) is 15.3 Å². The van der Waals surface area contributed by atoms with Crippen LogP contribution in [0.1, 0.15) is 15.3 Å². The van der Waals surface area contributed by atoms with Gasteiger partial charge in [-0.2, -0.15) is 5.10 Å². The molecule has 0 aliphatic rings. The highest BCUT2D eigenvalue weighted by atomic mass is 32.1. The molecule has 0 atom stereocenters. The average Bonchev–Trinajstić information content (AvgIpc) is 3.12. The van der Waals surface area contributed by atoms with Gasteiger partial charge < -0.3 is 0 Å². The van der Waals surface area contributed by atoms with E-state index in [0.29, 0.717) is 10.2 Å². The van der Waals surface area contributed by atoms with E-state index in [-0.39, 0.29) is 18.0 Å². The number of hydrogen-bond acceptors (Lipinski definition) is 6. The van der Waals surface area contributed by atoms with Crippen LogP contribution in [-0.4, -0.2) is 21.7 Å². The van der Waals surface area contributed by atoms with E-state index in [1.165, 1.54) is 33.6 Å². The molecule has 0 aliphatic heterocycles. The van der Waals surface area contributed by atoms with Crippen LogP contribution in [0, 0.1) is 13.8 Å². The normalized spacial score (nSPS) is 11.4. The molecule has 23 heavy (non-hydrogen) atoms. The maximum atomic E-state index is 12.5. The van der Waals surface area contributed by atoms with Gasteiger partial charge in [0.05, 0.1) is 17.9 Å². The Morgan fingerprint density at radius 1 is 1.48 bits per heavy atom. The van der Waals surface area contributed by atoms with E-state index in [1.807, 2.05) is 31.4 Å². The molecule has 3 heterocycles. The zero-order valence-electron chi connectivity index (χ0n) is 12.6. The maximum absolute atomic E-state index is 12.5. The van der Waals surface area contributed by atoms with Crippen LogP contribution in [0.4, 0.5) is 0 Å². The highest BCUT2D eigenvalue weighted by molar-refractivity contribution is 7.18. The molecule has 0 bridgehead atoms. The molecule has 0 fully saturated rings. The summed E-state index contributed by atoms with van der Waals surface area (Å²) < 4.78 is 1.30. The minimum atomic E-state index is -0.370. The second-order valence-corrected chi connectivity index (χ2v) is 7.13. The molecule has 8 heteroatoms. The summed E-state index contributed by atoms with van der Waals surface area (Å²) in [5.41, 5.74) is 3.14. The molecule has 3 rings (SSSR count). The SMILES string of the molecule is Cc1sc2ncn(CC(=O)N/N=C/c3cccs3)c(=O)c2c1C. The molecule has 0 radical (unpaired) electrons. The fourth-order valence-corrected chi connectivity index (χ4v) is 3.68. The first-order valence-electron chi connectivity index (χ1n) is 6.87. The fraction of sp³-hybridized carbons (Fsp3) is 0.200. The minimum Gasteiger partial charge on any atom is -0.289 e.